The second-order valence-corrected chi connectivity index (χ2v) is 14.0. The van der Waals surface area contributed by atoms with Crippen LogP contribution < -0.4 is 15.5 Å². The summed E-state index contributed by atoms with van der Waals surface area (Å²) in [7, 11) is 0. The van der Waals surface area contributed by atoms with Gasteiger partial charge in [0.25, 0.3) is 0 Å². The second-order valence-electron chi connectivity index (χ2n) is 14.0. The normalized spacial score (nSPS) is 11.8. The molecule has 0 atom stereocenters. The molecule has 0 unspecified atom stereocenters. The van der Waals surface area contributed by atoms with Gasteiger partial charge in [0.2, 0.25) is 0 Å². The number of rotatable bonds is 11. The summed E-state index contributed by atoms with van der Waals surface area (Å²) in [5.74, 6) is 0.680. The zero-order valence-corrected chi connectivity index (χ0v) is 31.9. The van der Waals surface area contributed by atoms with E-state index < -0.39 is 0 Å². The average molecular weight is 738 g/mol. The van der Waals surface area contributed by atoms with E-state index in [2.05, 4.69) is 201 Å². The minimum Gasteiger partial charge on any atom is -0.383 e. The number of para-hydroxylation sites is 4. The van der Waals surface area contributed by atoms with Crippen LogP contribution >= 0.6 is 0 Å². The van der Waals surface area contributed by atoms with Gasteiger partial charge in [0, 0.05) is 51.5 Å². The fraction of sp³-hybridized carbons (Fsp3) is 0.0385. The Labute approximate surface area is 333 Å². The highest BCUT2D eigenvalue weighted by molar-refractivity contribution is 6.23. The Morgan fingerprint density at radius 2 is 1.16 bits per heavy atom. The van der Waals surface area contributed by atoms with Crippen LogP contribution in [-0.2, 0) is 6.54 Å². The van der Waals surface area contributed by atoms with Crippen molar-refractivity contribution >= 4 is 61.3 Å². The van der Waals surface area contributed by atoms with Crippen molar-refractivity contribution in [3.8, 4) is 11.4 Å². The fourth-order valence-electron chi connectivity index (χ4n) is 8.10. The van der Waals surface area contributed by atoms with Crippen LogP contribution in [0, 0.1) is 0 Å². The van der Waals surface area contributed by atoms with Gasteiger partial charge < -0.3 is 20.1 Å². The Kier molecular flexibility index (Phi) is 9.47. The van der Waals surface area contributed by atoms with Crippen molar-refractivity contribution in [2.45, 2.75) is 13.5 Å². The van der Waals surface area contributed by atoms with Crippen LogP contribution in [0.4, 0.5) is 28.6 Å². The summed E-state index contributed by atoms with van der Waals surface area (Å²) in [4.78, 5) is 4.61. The lowest BCUT2D eigenvalue weighted by molar-refractivity contribution is 0.977. The number of allylic oxidation sites excluding steroid dienone is 4. The topological polar surface area (TPSA) is 42.4 Å². The lowest BCUT2D eigenvalue weighted by Crippen LogP contribution is -2.18. The summed E-state index contributed by atoms with van der Waals surface area (Å²) < 4.78 is 4.62. The predicted molar refractivity (Wildman–Crippen MR) is 242 cm³/mol. The van der Waals surface area contributed by atoms with Gasteiger partial charge in [-0.25, -0.2) is 0 Å². The lowest BCUT2D eigenvalue weighted by Gasteiger charge is -2.27. The molecule has 2 N–H and O–H groups in total. The van der Waals surface area contributed by atoms with Crippen LogP contribution in [-0.4, -0.2) is 9.13 Å². The Hall–Kier alpha value is -7.50. The van der Waals surface area contributed by atoms with Crippen LogP contribution in [0.2, 0.25) is 0 Å². The van der Waals surface area contributed by atoms with E-state index in [4.69, 9.17) is 5.73 Å². The molecule has 0 saturated carbocycles. The summed E-state index contributed by atoms with van der Waals surface area (Å²) in [6.45, 7) is 6.84. The number of nitrogen functional groups attached to an aromatic ring is 1. The van der Waals surface area contributed by atoms with Gasteiger partial charge in [-0.15, -0.1) is 0 Å². The molecular weight excluding hydrogens is 695 g/mol. The van der Waals surface area contributed by atoms with Gasteiger partial charge in [0.15, 0.2) is 0 Å². The quantitative estimate of drug-likeness (QED) is 0.134. The first-order valence-corrected chi connectivity index (χ1v) is 19.3. The highest BCUT2D eigenvalue weighted by atomic mass is 15.2. The first-order chi connectivity index (χ1) is 28.2. The molecule has 2 heterocycles. The molecule has 0 aliphatic rings. The van der Waals surface area contributed by atoms with Gasteiger partial charge in [0.1, 0.15) is 5.82 Å². The maximum atomic E-state index is 7.49. The molecule has 5 nitrogen and oxygen atoms in total. The number of fused-ring (bicyclic) bond motifs is 5. The molecular formula is C52H43N5. The zero-order chi connectivity index (χ0) is 38.7. The third kappa shape index (κ3) is 6.35. The van der Waals surface area contributed by atoms with E-state index in [9.17, 15) is 0 Å². The largest absolute Gasteiger partial charge is 0.383 e. The van der Waals surface area contributed by atoms with E-state index in [1.165, 1.54) is 10.9 Å². The second kappa shape index (κ2) is 15.3. The number of hydrogen-bond acceptors (Lipinski definition) is 3. The van der Waals surface area contributed by atoms with Gasteiger partial charge >= 0.3 is 0 Å². The molecule has 0 spiro atoms. The first kappa shape index (κ1) is 35.2. The predicted octanol–water partition coefficient (Wildman–Crippen LogP) is 13.4. The third-order valence-electron chi connectivity index (χ3n) is 10.6. The van der Waals surface area contributed by atoms with E-state index in [1.807, 2.05) is 37.3 Å². The Balaban J connectivity index is 1.34. The maximum absolute atomic E-state index is 7.49. The van der Waals surface area contributed by atoms with E-state index in [0.29, 0.717) is 12.4 Å². The van der Waals surface area contributed by atoms with Crippen LogP contribution in [0.15, 0.2) is 219 Å². The molecule has 2 aromatic heterocycles. The van der Waals surface area contributed by atoms with Gasteiger partial charge in [-0.3, -0.25) is 4.57 Å². The molecule has 5 heteroatoms. The number of nitrogens with two attached hydrogens (primary N) is 1. The SMILES string of the molecule is C=C/C(=C\C=C/C)N(c1ccccc1)c1ccc(-n2c3ccccc3c3ccc4c(c(N(Cc5ccccc5)c5ccccc5)c(N)n4-c4ccccc4)c32)cc1. The summed E-state index contributed by atoms with van der Waals surface area (Å²) in [6.07, 6.45) is 8.08. The minimum atomic E-state index is 0.635. The van der Waals surface area contributed by atoms with Gasteiger partial charge in [0.05, 0.1) is 27.6 Å². The lowest BCUT2D eigenvalue weighted by atomic mass is 10.1. The highest BCUT2D eigenvalue weighted by Gasteiger charge is 2.27. The van der Waals surface area contributed by atoms with E-state index in [0.717, 1.165) is 67.1 Å². The summed E-state index contributed by atoms with van der Waals surface area (Å²) in [5.41, 5.74) is 19.1. The number of benzene rings is 7. The minimum absolute atomic E-state index is 0.635. The van der Waals surface area contributed by atoms with Crippen molar-refractivity contribution in [1.29, 1.82) is 0 Å². The van der Waals surface area contributed by atoms with Crippen molar-refractivity contribution in [2.75, 3.05) is 15.5 Å². The third-order valence-corrected chi connectivity index (χ3v) is 10.6. The van der Waals surface area contributed by atoms with E-state index in [1.54, 1.807) is 0 Å². The molecule has 7 aromatic carbocycles. The van der Waals surface area contributed by atoms with Gasteiger partial charge in [-0.2, -0.15) is 0 Å². The van der Waals surface area contributed by atoms with E-state index in [-0.39, 0.29) is 0 Å². The fourth-order valence-corrected chi connectivity index (χ4v) is 8.10. The van der Waals surface area contributed by atoms with Gasteiger partial charge in [-0.05, 0) is 97.4 Å². The monoisotopic (exact) mass is 737 g/mol. The van der Waals surface area contributed by atoms with Crippen molar-refractivity contribution in [3.63, 3.8) is 0 Å². The van der Waals surface area contributed by atoms with Crippen LogP contribution in [0.5, 0.6) is 0 Å². The summed E-state index contributed by atoms with van der Waals surface area (Å²) in [6, 6.07) is 64.1. The molecule has 0 aliphatic carbocycles. The molecule has 57 heavy (non-hydrogen) atoms. The first-order valence-electron chi connectivity index (χ1n) is 19.3. The Bertz CT molecular complexity index is 2890. The van der Waals surface area contributed by atoms with Crippen molar-refractivity contribution in [2.24, 2.45) is 0 Å². The van der Waals surface area contributed by atoms with Crippen LogP contribution in [0.1, 0.15) is 12.5 Å². The van der Waals surface area contributed by atoms with Crippen LogP contribution in [0.3, 0.4) is 0 Å². The molecule has 0 saturated heterocycles. The molecule has 0 radical (unpaired) electrons. The molecule has 9 rings (SSSR count). The molecule has 276 valence electrons. The Morgan fingerprint density at radius 3 is 1.82 bits per heavy atom. The number of anilines is 5. The molecule has 0 bridgehead atoms. The van der Waals surface area contributed by atoms with Gasteiger partial charge in [-0.1, -0.05) is 128 Å². The zero-order valence-electron chi connectivity index (χ0n) is 31.9. The number of aromatic nitrogens is 2. The number of nitrogens with zero attached hydrogens (tertiary/aromatic N) is 4. The molecule has 9 aromatic rings. The standard InChI is InChI=1S/C52H43N5/c1-3-5-22-39(4-2)55(41-25-14-8-15-26-41)43-31-33-44(34-32-43)56-47-30-19-18-29-45(47)46-35-36-48-49(50(46)56)51(52(53)57(48)42-27-16-9-17-28-42)54(40-23-12-7-13-24-40)37-38-20-10-6-11-21-38/h3-36H,2,37,53H2,1H3/b5-3-,39-22+. The van der Waals surface area contributed by atoms with Crippen LogP contribution in [0.25, 0.3) is 44.1 Å². The number of hydrogen-bond donors (Lipinski definition) is 1. The summed E-state index contributed by atoms with van der Waals surface area (Å²) in [5, 5.41) is 3.43. The highest BCUT2D eigenvalue weighted by Crippen LogP contribution is 2.48. The van der Waals surface area contributed by atoms with E-state index >= 15 is 0 Å². The molecule has 0 aliphatic heterocycles. The summed E-state index contributed by atoms with van der Waals surface area (Å²) >= 11 is 0. The van der Waals surface area contributed by atoms with Crippen molar-refractivity contribution in [1.82, 2.24) is 9.13 Å². The maximum Gasteiger partial charge on any atom is 0.133 e. The smallest absolute Gasteiger partial charge is 0.133 e. The molecule has 0 fully saturated rings. The van der Waals surface area contributed by atoms with Crippen molar-refractivity contribution < 1.29 is 0 Å². The Morgan fingerprint density at radius 1 is 0.579 bits per heavy atom. The van der Waals surface area contributed by atoms with Crippen molar-refractivity contribution in [3.05, 3.63) is 224 Å². The molecule has 0 amide bonds. The average Bonchev–Trinajstić information content (AvgIpc) is 3.77.